The minimum Gasteiger partial charge on any atom is -0.481 e. The van der Waals surface area contributed by atoms with Crippen LogP contribution in [0.5, 0.6) is 0 Å². The van der Waals surface area contributed by atoms with Gasteiger partial charge in [-0.05, 0) is 111 Å². The second-order valence-electron chi connectivity index (χ2n) is 23.3. The molecule has 5 atom stereocenters. The van der Waals surface area contributed by atoms with E-state index in [0.29, 0.717) is 45.3 Å². The average Bonchev–Trinajstić information content (AvgIpc) is 1.73. The molecule has 31 heteroatoms. The zero-order valence-electron chi connectivity index (χ0n) is 52.6. The average molecular weight is 1310 g/mol. The fraction of sp³-hybridized carbons (Fsp3) is 0.406. The number of imidazole rings is 2. The minimum absolute atomic E-state index is 0.00115. The number of anilines is 2. The smallest absolute Gasteiger partial charge is 0.305 e. The lowest BCUT2D eigenvalue weighted by atomic mass is 10.1. The number of nitrogens with zero attached hydrogens (tertiary/aromatic N) is 6. The van der Waals surface area contributed by atoms with Crippen molar-refractivity contribution in [2.45, 2.75) is 121 Å². The second kappa shape index (κ2) is 32.5. The molecule has 4 heterocycles. The lowest BCUT2D eigenvalue weighted by Gasteiger charge is -2.25. The summed E-state index contributed by atoms with van der Waals surface area (Å²) in [7, 11) is 4.64. The van der Waals surface area contributed by atoms with E-state index >= 15 is 0 Å². The first-order valence-electron chi connectivity index (χ1n) is 30.9. The summed E-state index contributed by atoms with van der Waals surface area (Å²) in [4.78, 5) is 178. The van der Waals surface area contributed by atoms with Gasteiger partial charge in [-0.15, -0.1) is 0 Å². The van der Waals surface area contributed by atoms with Gasteiger partial charge in [-0.1, -0.05) is 24.3 Å². The van der Waals surface area contributed by atoms with Crippen LogP contribution in [0.25, 0.3) is 22.1 Å². The molecule has 4 aromatic carbocycles. The number of aromatic amines is 2. The van der Waals surface area contributed by atoms with Crippen LogP contribution in [-0.2, 0) is 74.1 Å². The highest BCUT2D eigenvalue weighted by Gasteiger charge is 2.34. The molecule has 2 aliphatic heterocycles. The third-order valence-electron chi connectivity index (χ3n) is 16.1. The van der Waals surface area contributed by atoms with Gasteiger partial charge in [-0.25, -0.2) is 9.97 Å². The van der Waals surface area contributed by atoms with Gasteiger partial charge >= 0.3 is 23.9 Å². The van der Waals surface area contributed by atoms with Crippen LogP contribution in [0, 0.1) is 0 Å². The molecule has 6 aromatic rings. The molecule has 2 aliphatic rings. The molecular weight excluding hydrogens is 1230 g/mol. The van der Waals surface area contributed by atoms with Gasteiger partial charge in [0.2, 0.25) is 35.4 Å². The zero-order valence-corrected chi connectivity index (χ0v) is 52.6. The maximum Gasteiger partial charge on any atom is 0.305 e. The van der Waals surface area contributed by atoms with Gasteiger partial charge in [-0.3, -0.25) is 57.5 Å². The number of amides is 8. The molecule has 2 aromatic heterocycles. The summed E-state index contributed by atoms with van der Waals surface area (Å²) in [5.41, 5.74) is 5.65. The number of carboxylic acids is 4. The highest BCUT2D eigenvalue weighted by molar-refractivity contribution is 5.98. The number of H-pyrrole nitrogens is 2. The number of hydrogen-bond acceptors (Lipinski definition) is 17. The van der Waals surface area contributed by atoms with Gasteiger partial charge < -0.3 is 87.2 Å². The summed E-state index contributed by atoms with van der Waals surface area (Å²) in [5, 5.41) is 57.6. The Hall–Kier alpha value is -11.0. The Morgan fingerprint density at radius 1 is 0.547 bits per heavy atom. The molecule has 0 saturated carbocycles. The van der Waals surface area contributed by atoms with Gasteiger partial charge in [0.15, 0.2) is 0 Å². The molecule has 0 fully saturated rings. The zero-order chi connectivity index (χ0) is 68.5. The highest BCUT2D eigenvalue weighted by Crippen LogP contribution is 2.29. The maximum absolute atomic E-state index is 13.8. The predicted octanol–water partition coefficient (Wildman–Crippen LogP) is 1.96. The van der Waals surface area contributed by atoms with Crippen molar-refractivity contribution in [1.29, 1.82) is 0 Å². The Bertz CT molecular complexity index is 3800. The monoisotopic (exact) mass is 1310 g/mol. The van der Waals surface area contributed by atoms with E-state index < -0.39 is 122 Å². The van der Waals surface area contributed by atoms with E-state index in [2.05, 4.69) is 57.2 Å². The first-order valence-corrected chi connectivity index (χ1v) is 30.9. The summed E-state index contributed by atoms with van der Waals surface area (Å²) in [5.74, 6) is -8.71. The number of hydrogen-bond donors (Lipinski definition) is 13. The topological polar surface area (TPSA) is 440 Å². The number of aliphatic carboxylic acids is 4. The van der Waals surface area contributed by atoms with E-state index in [9.17, 15) is 78.0 Å². The van der Waals surface area contributed by atoms with Crippen LogP contribution in [-0.4, -0.2) is 209 Å². The Labute approximate surface area is 544 Å². The quantitative estimate of drug-likeness (QED) is 0.0262. The molecular formula is C64H77N15O16. The molecule has 0 radical (unpaired) electrons. The molecule has 13 N–H and O–H groups in total. The third kappa shape index (κ3) is 19.3. The van der Waals surface area contributed by atoms with Crippen LogP contribution in [0.4, 0.5) is 11.4 Å². The standard InChI is InChI=1S/C64H77N15O16/c1-65-46(60(91)75-48(20-23-55(83)84)59(90)67-25-9-27-79-33-39-29-37(15-17-41(39)69-50(64(79)95)31-57(87)88)62(93)77(3)35-52-72-44-12-6-7-13-45(44)73-52)18-21-53(80)74-47(19-22-54(81)82)58(89)66-24-8-26-78-32-38-28-36(14-16-40(38)68-49(63(78)94)30-56(85)86)61(92)76(2)34-51-70-42-10-4-5-11-43(42)71-51/h4-7,10-17,28-29,46-50,65,68-69H,8-9,18-27,30-35H2,1-3H3,(H,66,89)(H,67,90)(H,70,71)(H,72,73)(H,74,80)(H,75,91)(H,81,82)(H,83,84)(H,85,86)(H,87,88)/t46-,47-,48-,49-,50-/m0/s1. The molecule has 504 valence electrons. The number of para-hydroxylation sites is 4. The molecule has 0 spiro atoms. The third-order valence-corrected chi connectivity index (χ3v) is 16.1. The molecule has 0 aliphatic carbocycles. The van der Waals surface area contributed by atoms with Gasteiger partial charge in [0, 0.05) is 95.1 Å². The molecule has 0 bridgehead atoms. The molecule has 0 unspecified atom stereocenters. The van der Waals surface area contributed by atoms with Crippen LogP contribution in [0.15, 0.2) is 84.9 Å². The number of benzene rings is 4. The summed E-state index contributed by atoms with van der Waals surface area (Å²) < 4.78 is 0. The summed E-state index contributed by atoms with van der Waals surface area (Å²) in [6, 6.07) is 18.2. The molecule has 8 amide bonds. The van der Waals surface area contributed by atoms with Gasteiger partial charge in [0.1, 0.15) is 35.8 Å². The van der Waals surface area contributed by atoms with Crippen LogP contribution < -0.4 is 37.2 Å². The van der Waals surface area contributed by atoms with Crippen LogP contribution in [0.3, 0.4) is 0 Å². The summed E-state index contributed by atoms with van der Waals surface area (Å²) in [6.07, 6.45) is -3.23. The van der Waals surface area contributed by atoms with Crippen molar-refractivity contribution in [3.63, 3.8) is 0 Å². The predicted molar refractivity (Wildman–Crippen MR) is 342 cm³/mol. The normalized spacial score (nSPS) is 15.3. The van der Waals surface area contributed by atoms with Gasteiger partial charge in [0.05, 0.1) is 54.0 Å². The van der Waals surface area contributed by atoms with Gasteiger partial charge in [-0.2, -0.15) is 0 Å². The largest absolute Gasteiger partial charge is 0.481 e. The van der Waals surface area contributed by atoms with E-state index in [-0.39, 0.29) is 96.3 Å². The number of nitrogens with one attached hydrogen (secondary N) is 9. The number of carbonyl (C=O) groups excluding carboxylic acids is 8. The SMILES string of the molecule is CN[C@@H](CCC(=O)N[C@@H](CCC(=O)O)C(=O)NCCCN1Cc2cc(C(=O)N(C)Cc3nc4ccccc4[nH]3)ccc2N[C@@H](CC(=O)O)C1=O)C(=O)N[C@@H](CCC(=O)O)C(=O)NCCCN1Cc2cc(C(=O)N(C)Cc3nc4ccccc4[nH]3)ccc2N[C@@H](CC(=O)O)C1=O. The minimum atomic E-state index is -1.39. The van der Waals surface area contributed by atoms with Crippen molar-refractivity contribution in [1.82, 2.24) is 66.1 Å². The number of carboxylic acid groups (broad SMARTS) is 4. The van der Waals surface area contributed by atoms with E-state index in [4.69, 9.17) is 0 Å². The Morgan fingerprint density at radius 2 is 0.968 bits per heavy atom. The molecule has 95 heavy (non-hydrogen) atoms. The summed E-state index contributed by atoms with van der Waals surface area (Å²) in [6.45, 7) is 0.110. The van der Waals surface area contributed by atoms with E-state index in [1.165, 1.54) is 26.6 Å². The number of carbonyl (C=O) groups is 12. The number of fused-ring (bicyclic) bond motifs is 4. The van der Waals surface area contributed by atoms with Crippen molar-refractivity contribution >= 4 is 105 Å². The van der Waals surface area contributed by atoms with E-state index in [1.807, 2.05) is 48.5 Å². The maximum atomic E-state index is 13.8. The van der Waals surface area contributed by atoms with E-state index in [0.717, 1.165) is 22.1 Å². The number of likely N-dealkylation sites (N-methyl/N-ethyl adjacent to an activating group) is 1. The van der Waals surface area contributed by atoms with Crippen molar-refractivity contribution < 1.29 is 78.0 Å². The fourth-order valence-corrected chi connectivity index (χ4v) is 11.2. The van der Waals surface area contributed by atoms with Gasteiger partial charge in [0.25, 0.3) is 11.8 Å². The lowest BCUT2D eigenvalue weighted by Crippen LogP contribution is -2.53. The molecule has 0 saturated heterocycles. The molecule has 31 nitrogen and oxygen atoms in total. The van der Waals surface area contributed by atoms with Crippen molar-refractivity contribution in [3.05, 3.63) is 119 Å². The number of aromatic nitrogens is 4. The van der Waals surface area contributed by atoms with Crippen LogP contribution in [0.1, 0.15) is 108 Å². The Balaban J connectivity index is 0.820. The Morgan fingerprint density at radius 3 is 1.38 bits per heavy atom. The first kappa shape index (κ1) is 69.9. The first-order chi connectivity index (χ1) is 45.4. The van der Waals surface area contributed by atoms with Crippen LogP contribution >= 0.6 is 0 Å². The Kier molecular flexibility index (Phi) is 23.9. The highest BCUT2D eigenvalue weighted by atomic mass is 16.4. The number of rotatable bonds is 33. The fourth-order valence-electron chi connectivity index (χ4n) is 11.2. The summed E-state index contributed by atoms with van der Waals surface area (Å²) >= 11 is 0. The second-order valence-corrected chi connectivity index (χ2v) is 23.3. The molecule has 8 rings (SSSR count). The van der Waals surface area contributed by atoms with Crippen LogP contribution in [0.2, 0.25) is 0 Å². The van der Waals surface area contributed by atoms with Crippen molar-refractivity contribution in [3.8, 4) is 0 Å². The lowest BCUT2D eigenvalue weighted by molar-refractivity contribution is -0.141. The van der Waals surface area contributed by atoms with Crippen molar-refractivity contribution in [2.24, 2.45) is 0 Å². The van der Waals surface area contributed by atoms with E-state index in [1.54, 1.807) is 50.5 Å². The van der Waals surface area contributed by atoms with Crippen molar-refractivity contribution in [2.75, 3.05) is 58.0 Å².